The number of allylic oxidation sites excluding steroid dienone is 1. The molecule has 0 amide bonds. The number of aliphatic hydroxyl groups excluding tert-OH is 1. The summed E-state index contributed by atoms with van der Waals surface area (Å²) in [5.74, 6) is -2.21. The molecule has 2 N–H and O–H groups in total. The summed E-state index contributed by atoms with van der Waals surface area (Å²) < 4.78 is 15.1. The summed E-state index contributed by atoms with van der Waals surface area (Å²) in [4.78, 5) is 38.6. The fourth-order valence-electron chi connectivity index (χ4n) is 3.30. The molecule has 0 unspecified atom stereocenters. The second-order valence-corrected chi connectivity index (χ2v) is 7.02. The number of esters is 2. The van der Waals surface area contributed by atoms with Crippen molar-refractivity contribution in [3.8, 4) is 5.75 Å². The number of carbonyl (C=O) groups excluding carboxylic acids is 3. The Morgan fingerprint density at radius 3 is 2.03 bits per heavy atom. The van der Waals surface area contributed by atoms with Gasteiger partial charge in [-0.1, -0.05) is 0 Å². The van der Waals surface area contributed by atoms with Gasteiger partial charge in [0.05, 0.1) is 31.6 Å². The molecule has 9 nitrogen and oxygen atoms in total. The molecule has 1 heterocycles. The van der Waals surface area contributed by atoms with E-state index in [4.69, 9.17) is 19.6 Å². The molecule has 0 aromatic heterocycles. The Morgan fingerprint density at radius 2 is 1.47 bits per heavy atom. The summed E-state index contributed by atoms with van der Waals surface area (Å²) in [7, 11) is 1.51. The number of ketones is 1. The van der Waals surface area contributed by atoms with E-state index in [1.165, 1.54) is 36.3 Å². The van der Waals surface area contributed by atoms with Gasteiger partial charge in [0.2, 0.25) is 0 Å². The van der Waals surface area contributed by atoms with E-state index in [1.54, 1.807) is 38.1 Å². The van der Waals surface area contributed by atoms with Gasteiger partial charge in [-0.3, -0.25) is 15.1 Å². The average molecular weight is 464 g/mol. The minimum absolute atomic E-state index is 0.0426. The van der Waals surface area contributed by atoms with Crippen LogP contribution in [0.4, 0.5) is 5.69 Å². The molecular weight excluding hydrogens is 440 g/mol. The maximum absolute atomic E-state index is 12.9. The van der Waals surface area contributed by atoms with Gasteiger partial charge in [-0.15, -0.1) is 0 Å². The van der Waals surface area contributed by atoms with E-state index in [1.807, 2.05) is 0 Å². The van der Waals surface area contributed by atoms with Gasteiger partial charge in [-0.05, 0) is 62.4 Å². The first-order valence-electron chi connectivity index (χ1n) is 10.5. The van der Waals surface area contributed by atoms with Crippen LogP contribution in [0.2, 0.25) is 0 Å². The maximum atomic E-state index is 12.9. The van der Waals surface area contributed by atoms with E-state index in [9.17, 15) is 19.5 Å². The lowest BCUT2D eigenvalue weighted by molar-refractivity contribution is -0.138. The fourth-order valence-corrected chi connectivity index (χ4v) is 3.30. The Hall–Kier alpha value is -4.40. The molecule has 0 saturated heterocycles. The number of amidine groups is 1. The van der Waals surface area contributed by atoms with Crippen LogP contribution in [0.15, 0.2) is 71.6 Å². The van der Waals surface area contributed by atoms with Crippen LogP contribution >= 0.6 is 0 Å². The zero-order valence-corrected chi connectivity index (χ0v) is 19.0. The Bertz CT molecular complexity index is 1180. The van der Waals surface area contributed by atoms with Crippen molar-refractivity contribution in [1.29, 1.82) is 5.41 Å². The number of hydrogen-bond acceptors (Lipinski definition) is 8. The average Bonchev–Trinajstić information content (AvgIpc) is 3.08. The van der Waals surface area contributed by atoms with Crippen LogP contribution in [0.3, 0.4) is 0 Å². The standard InChI is InChI=1S/C25H24N2O7/c1-4-33-24(30)16-6-10-17(11-7-16)27-19(22(29)21(23(27)26)25(31)34-5-2)14-20(28)15-8-12-18(32-3)13-9-15/h6-14,26,29H,4-5H2,1-3H3/b19-14+,26-23?. The van der Waals surface area contributed by atoms with Crippen molar-refractivity contribution in [3.63, 3.8) is 0 Å². The maximum Gasteiger partial charge on any atom is 0.345 e. The summed E-state index contributed by atoms with van der Waals surface area (Å²) in [6.45, 7) is 3.56. The molecule has 3 rings (SSSR count). The van der Waals surface area contributed by atoms with Gasteiger partial charge in [0, 0.05) is 17.3 Å². The number of rotatable bonds is 8. The molecule has 176 valence electrons. The minimum Gasteiger partial charge on any atom is -0.505 e. The number of aliphatic hydroxyl groups is 1. The Labute approximate surface area is 196 Å². The molecule has 0 spiro atoms. The number of methoxy groups -OCH3 is 1. The zero-order valence-electron chi connectivity index (χ0n) is 19.0. The van der Waals surface area contributed by atoms with Crippen LogP contribution < -0.4 is 9.64 Å². The highest BCUT2D eigenvalue weighted by atomic mass is 16.5. The van der Waals surface area contributed by atoms with Crippen molar-refractivity contribution >= 4 is 29.2 Å². The highest BCUT2D eigenvalue weighted by Crippen LogP contribution is 2.34. The summed E-state index contributed by atoms with van der Waals surface area (Å²) in [5.41, 5.74) is 0.509. The Kier molecular flexibility index (Phi) is 7.47. The molecule has 1 aliphatic heterocycles. The van der Waals surface area contributed by atoms with Crippen molar-refractivity contribution in [2.24, 2.45) is 0 Å². The van der Waals surface area contributed by atoms with Gasteiger partial charge in [-0.2, -0.15) is 0 Å². The van der Waals surface area contributed by atoms with Crippen LogP contribution in [0, 0.1) is 5.41 Å². The van der Waals surface area contributed by atoms with Gasteiger partial charge >= 0.3 is 11.9 Å². The Balaban J connectivity index is 2.04. The quantitative estimate of drug-likeness (QED) is 0.343. The molecule has 0 fully saturated rings. The first-order valence-corrected chi connectivity index (χ1v) is 10.5. The highest BCUT2D eigenvalue weighted by molar-refractivity contribution is 6.28. The van der Waals surface area contributed by atoms with E-state index in [-0.39, 0.29) is 30.3 Å². The van der Waals surface area contributed by atoms with Gasteiger partial charge in [0.1, 0.15) is 17.2 Å². The predicted octanol–water partition coefficient (Wildman–Crippen LogP) is 3.81. The Morgan fingerprint density at radius 1 is 0.912 bits per heavy atom. The van der Waals surface area contributed by atoms with Crippen LogP contribution in [0.1, 0.15) is 34.6 Å². The minimum atomic E-state index is -0.890. The van der Waals surface area contributed by atoms with Crippen LogP contribution in [0.25, 0.3) is 0 Å². The van der Waals surface area contributed by atoms with E-state index >= 15 is 0 Å². The highest BCUT2D eigenvalue weighted by Gasteiger charge is 2.38. The molecular formula is C25H24N2O7. The lowest BCUT2D eigenvalue weighted by Gasteiger charge is -2.21. The van der Waals surface area contributed by atoms with E-state index in [0.717, 1.165) is 6.08 Å². The normalized spacial score (nSPS) is 14.4. The van der Waals surface area contributed by atoms with E-state index in [0.29, 0.717) is 22.6 Å². The number of ether oxygens (including phenoxy) is 3. The third kappa shape index (κ3) is 4.83. The predicted molar refractivity (Wildman–Crippen MR) is 124 cm³/mol. The molecule has 2 aromatic carbocycles. The van der Waals surface area contributed by atoms with Gasteiger partial charge in [-0.25, -0.2) is 9.59 Å². The molecule has 1 aliphatic rings. The zero-order chi connectivity index (χ0) is 24.8. The van der Waals surface area contributed by atoms with Crippen molar-refractivity contribution < 1.29 is 33.7 Å². The third-order valence-electron chi connectivity index (χ3n) is 4.94. The first-order chi connectivity index (χ1) is 16.3. The van der Waals surface area contributed by atoms with E-state index in [2.05, 4.69) is 0 Å². The second kappa shape index (κ2) is 10.5. The second-order valence-electron chi connectivity index (χ2n) is 7.02. The number of nitrogens with zero attached hydrogens (tertiary/aromatic N) is 1. The molecule has 0 bridgehead atoms. The summed E-state index contributed by atoms with van der Waals surface area (Å²) >= 11 is 0. The molecule has 0 atom stereocenters. The third-order valence-corrected chi connectivity index (χ3v) is 4.94. The number of benzene rings is 2. The lowest BCUT2D eigenvalue weighted by Crippen LogP contribution is -2.28. The number of carbonyl (C=O) groups is 3. The van der Waals surface area contributed by atoms with Gasteiger partial charge < -0.3 is 19.3 Å². The summed E-state index contributed by atoms with van der Waals surface area (Å²) in [6, 6.07) is 12.4. The van der Waals surface area contributed by atoms with Gasteiger partial charge in [0.25, 0.3) is 0 Å². The smallest absolute Gasteiger partial charge is 0.345 e. The molecule has 0 aliphatic carbocycles. The van der Waals surface area contributed by atoms with Crippen LogP contribution in [-0.4, -0.2) is 49.0 Å². The largest absolute Gasteiger partial charge is 0.505 e. The lowest BCUT2D eigenvalue weighted by atomic mass is 10.1. The number of anilines is 1. The monoisotopic (exact) mass is 464 g/mol. The van der Waals surface area contributed by atoms with Crippen molar-refractivity contribution in [2.45, 2.75) is 13.8 Å². The van der Waals surface area contributed by atoms with Crippen LogP contribution in [0.5, 0.6) is 5.75 Å². The summed E-state index contributed by atoms with van der Waals surface area (Å²) in [5, 5.41) is 19.3. The first kappa shape index (κ1) is 24.2. The van der Waals surface area contributed by atoms with Crippen molar-refractivity contribution in [2.75, 3.05) is 25.2 Å². The number of hydrogen-bond donors (Lipinski definition) is 2. The molecule has 0 radical (unpaired) electrons. The molecule has 2 aromatic rings. The molecule has 34 heavy (non-hydrogen) atoms. The molecule has 9 heteroatoms. The topological polar surface area (TPSA) is 126 Å². The SMILES string of the molecule is CCOC(=O)C1=C(O)/C(=C\C(=O)c2ccc(OC)cc2)N(c2ccc(C(=O)OCC)cc2)C1=N. The van der Waals surface area contributed by atoms with Gasteiger partial charge in [0.15, 0.2) is 11.5 Å². The summed E-state index contributed by atoms with van der Waals surface area (Å²) in [6.07, 6.45) is 1.14. The number of nitrogens with one attached hydrogen (secondary N) is 1. The van der Waals surface area contributed by atoms with Crippen molar-refractivity contribution in [3.05, 3.63) is 82.8 Å². The fraction of sp³-hybridized carbons (Fsp3) is 0.200. The van der Waals surface area contributed by atoms with E-state index < -0.39 is 23.5 Å². The molecule has 0 saturated carbocycles. The van der Waals surface area contributed by atoms with Crippen LogP contribution in [-0.2, 0) is 14.3 Å². The van der Waals surface area contributed by atoms with Crippen molar-refractivity contribution in [1.82, 2.24) is 0 Å².